The van der Waals surface area contributed by atoms with Crippen molar-refractivity contribution >= 4 is 23.6 Å². The van der Waals surface area contributed by atoms with Crippen LogP contribution in [0.25, 0.3) is 0 Å². The number of thioether (sulfide) groups is 1. The van der Waals surface area contributed by atoms with E-state index in [4.69, 9.17) is 10.6 Å². The molecule has 0 aromatic rings. The molecular weight excluding hydrogens is 204 g/mol. The van der Waals surface area contributed by atoms with Crippen molar-refractivity contribution in [2.24, 2.45) is 5.84 Å². The normalized spacial score (nSPS) is 11.9. The molecule has 0 fully saturated rings. The maximum atomic E-state index is 10.9. The lowest BCUT2D eigenvalue weighted by Crippen LogP contribution is -2.31. The highest BCUT2D eigenvalue weighted by atomic mass is 32.2. The zero-order valence-corrected chi connectivity index (χ0v) is 9.23. The number of ether oxygens (including phenoxy) is 1. The Morgan fingerprint density at radius 1 is 1.57 bits per heavy atom. The van der Waals surface area contributed by atoms with Crippen molar-refractivity contribution in [3.8, 4) is 0 Å². The molecule has 1 amide bonds. The maximum Gasteiger partial charge on any atom is 0.315 e. The lowest BCUT2D eigenvalue weighted by atomic mass is 10.3. The predicted molar refractivity (Wildman–Crippen MR) is 55.5 cm³/mol. The molecule has 0 aromatic carbocycles. The van der Waals surface area contributed by atoms with Crippen molar-refractivity contribution in [1.82, 2.24) is 5.43 Å². The summed E-state index contributed by atoms with van der Waals surface area (Å²) in [6, 6.07) is 0. The van der Waals surface area contributed by atoms with E-state index in [2.05, 4.69) is 0 Å². The lowest BCUT2D eigenvalue weighted by molar-refractivity contribution is -0.139. The second kappa shape index (κ2) is 7.64. The topological polar surface area (TPSA) is 81.4 Å². The third-order valence-electron chi connectivity index (χ3n) is 1.42. The molecule has 5 nitrogen and oxygen atoms in total. The molecule has 0 aliphatic heterocycles. The minimum atomic E-state index is -0.252. The fourth-order valence-corrected chi connectivity index (χ4v) is 1.57. The Hall–Kier alpha value is -0.750. The summed E-state index contributed by atoms with van der Waals surface area (Å²) in [5, 5.41) is 0.0583. The van der Waals surface area contributed by atoms with Gasteiger partial charge in [0, 0.05) is 11.7 Å². The molecule has 14 heavy (non-hydrogen) atoms. The van der Waals surface area contributed by atoms with Gasteiger partial charge in [-0.2, -0.15) is 0 Å². The average molecular weight is 220 g/mol. The number of nitrogens with one attached hydrogen (secondary N) is 1. The van der Waals surface area contributed by atoms with Crippen LogP contribution in [0.5, 0.6) is 0 Å². The van der Waals surface area contributed by atoms with Gasteiger partial charge in [-0.3, -0.25) is 15.0 Å². The van der Waals surface area contributed by atoms with Gasteiger partial charge in [-0.15, -0.1) is 11.8 Å². The number of hydrogen-bond donors (Lipinski definition) is 2. The summed E-state index contributed by atoms with van der Waals surface area (Å²) in [7, 11) is 0. The Morgan fingerprint density at radius 3 is 2.71 bits per heavy atom. The number of hydrazine groups is 1. The van der Waals surface area contributed by atoms with E-state index < -0.39 is 0 Å². The molecule has 0 rings (SSSR count). The molecule has 0 aliphatic carbocycles. The van der Waals surface area contributed by atoms with Gasteiger partial charge in [0.25, 0.3) is 0 Å². The Morgan fingerprint density at radius 2 is 2.21 bits per heavy atom. The Balaban J connectivity index is 3.57. The number of hydrogen-bond acceptors (Lipinski definition) is 5. The van der Waals surface area contributed by atoms with Gasteiger partial charge in [-0.1, -0.05) is 6.92 Å². The molecule has 0 aromatic heterocycles. The van der Waals surface area contributed by atoms with Crippen molar-refractivity contribution in [2.75, 3.05) is 12.4 Å². The molecule has 0 bridgehead atoms. The molecule has 82 valence electrons. The predicted octanol–water partition coefficient (Wildman–Crippen LogP) is 0.0512. The van der Waals surface area contributed by atoms with E-state index in [0.29, 0.717) is 13.0 Å². The summed E-state index contributed by atoms with van der Waals surface area (Å²) in [6.07, 6.45) is 0.306. The van der Waals surface area contributed by atoms with Crippen molar-refractivity contribution in [3.63, 3.8) is 0 Å². The van der Waals surface area contributed by atoms with E-state index in [-0.39, 0.29) is 22.9 Å². The summed E-state index contributed by atoms with van der Waals surface area (Å²) < 4.78 is 4.74. The van der Waals surface area contributed by atoms with Gasteiger partial charge in [0.2, 0.25) is 5.91 Å². The SMILES string of the molecule is CCOC(=O)CSC(C)CC(=O)NN. The second-order valence-corrected chi connectivity index (χ2v) is 4.13. The van der Waals surface area contributed by atoms with Crippen LogP contribution in [0.2, 0.25) is 0 Å². The smallest absolute Gasteiger partial charge is 0.315 e. The summed E-state index contributed by atoms with van der Waals surface area (Å²) in [4.78, 5) is 21.8. The van der Waals surface area contributed by atoms with Crippen LogP contribution in [0.15, 0.2) is 0 Å². The zero-order valence-electron chi connectivity index (χ0n) is 8.41. The molecule has 0 radical (unpaired) electrons. The van der Waals surface area contributed by atoms with Gasteiger partial charge in [0.15, 0.2) is 0 Å². The Bertz CT molecular complexity index is 199. The van der Waals surface area contributed by atoms with Crippen molar-refractivity contribution in [3.05, 3.63) is 0 Å². The molecule has 0 aliphatic rings. The lowest BCUT2D eigenvalue weighted by Gasteiger charge is -2.09. The summed E-state index contributed by atoms with van der Waals surface area (Å²) in [5.74, 6) is 4.71. The first-order valence-electron chi connectivity index (χ1n) is 4.36. The van der Waals surface area contributed by atoms with Gasteiger partial charge in [0.1, 0.15) is 0 Å². The fraction of sp³-hybridized carbons (Fsp3) is 0.750. The van der Waals surface area contributed by atoms with Crippen LogP contribution in [-0.2, 0) is 14.3 Å². The van der Waals surface area contributed by atoms with E-state index in [1.165, 1.54) is 11.8 Å². The molecule has 1 atom stereocenters. The zero-order chi connectivity index (χ0) is 11.0. The van der Waals surface area contributed by atoms with Crippen molar-refractivity contribution in [2.45, 2.75) is 25.5 Å². The fourth-order valence-electron chi connectivity index (χ4n) is 0.792. The molecule has 0 spiro atoms. The molecule has 1 unspecified atom stereocenters. The van der Waals surface area contributed by atoms with Gasteiger partial charge in [-0.25, -0.2) is 5.84 Å². The monoisotopic (exact) mass is 220 g/mol. The number of nitrogens with two attached hydrogens (primary N) is 1. The first kappa shape index (κ1) is 13.2. The molecule has 0 saturated heterocycles. The minimum Gasteiger partial charge on any atom is -0.465 e. The van der Waals surface area contributed by atoms with Gasteiger partial charge < -0.3 is 4.74 Å². The van der Waals surface area contributed by atoms with E-state index in [0.717, 1.165) is 0 Å². The van der Waals surface area contributed by atoms with Gasteiger partial charge in [0.05, 0.1) is 12.4 Å². The molecule has 0 saturated carbocycles. The van der Waals surface area contributed by atoms with Crippen LogP contribution in [0.1, 0.15) is 20.3 Å². The highest BCUT2D eigenvalue weighted by Gasteiger charge is 2.10. The highest BCUT2D eigenvalue weighted by molar-refractivity contribution is 8.00. The largest absolute Gasteiger partial charge is 0.465 e. The third kappa shape index (κ3) is 6.73. The summed E-state index contributed by atoms with van der Waals surface area (Å²) in [5.41, 5.74) is 2.04. The molecule has 3 N–H and O–H groups in total. The average Bonchev–Trinajstić information content (AvgIpc) is 2.15. The van der Waals surface area contributed by atoms with E-state index in [9.17, 15) is 9.59 Å². The minimum absolute atomic E-state index is 0.0583. The molecule has 0 heterocycles. The van der Waals surface area contributed by atoms with Crippen molar-refractivity contribution in [1.29, 1.82) is 0 Å². The first-order chi connectivity index (χ1) is 6.60. The number of carbonyl (C=O) groups is 2. The summed E-state index contributed by atoms with van der Waals surface area (Å²) in [6.45, 7) is 4.00. The number of carbonyl (C=O) groups excluding carboxylic acids is 2. The van der Waals surface area contributed by atoms with Crippen LogP contribution < -0.4 is 11.3 Å². The summed E-state index contributed by atoms with van der Waals surface area (Å²) >= 11 is 1.38. The number of esters is 1. The van der Waals surface area contributed by atoms with Crippen LogP contribution in [0.4, 0.5) is 0 Å². The highest BCUT2D eigenvalue weighted by Crippen LogP contribution is 2.13. The van der Waals surface area contributed by atoms with E-state index in [1.54, 1.807) is 6.92 Å². The van der Waals surface area contributed by atoms with Crippen LogP contribution in [-0.4, -0.2) is 29.5 Å². The van der Waals surface area contributed by atoms with Crippen molar-refractivity contribution < 1.29 is 14.3 Å². The third-order valence-corrected chi connectivity index (χ3v) is 2.56. The van der Waals surface area contributed by atoms with E-state index in [1.807, 2.05) is 12.3 Å². The molecule has 6 heteroatoms. The number of rotatable bonds is 6. The van der Waals surface area contributed by atoms with Crippen LogP contribution in [0.3, 0.4) is 0 Å². The van der Waals surface area contributed by atoms with Gasteiger partial charge >= 0.3 is 5.97 Å². The maximum absolute atomic E-state index is 10.9. The van der Waals surface area contributed by atoms with E-state index >= 15 is 0 Å². The standard InChI is InChI=1S/C8H16N2O3S/c1-3-13-8(12)5-14-6(2)4-7(11)10-9/h6H,3-5,9H2,1-2H3,(H,10,11). The Labute approximate surface area is 87.7 Å². The quantitative estimate of drug-likeness (QED) is 0.286. The Kier molecular flexibility index (Phi) is 7.23. The second-order valence-electron chi connectivity index (χ2n) is 2.70. The van der Waals surface area contributed by atoms with Crippen LogP contribution >= 0.6 is 11.8 Å². The number of amides is 1. The van der Waals surface area contributed by atoms with Crippen LogP contribution in [0, 0.1) is 0 Å². The first-order valence-corrected chi connectivity index (χ1v) is 5.41. The molecular formula is C8H16N2O3S. The van der Waals surface area contributed by atoms with Gasteiger partial charge in [-0.05, 0) is 6.92 Å².